The van der Waals surface area contributed by atoms with Gasteiger partial charge >= 0.3 is 0 Å². The molecule has 2 heterocycles. The van der Waals surface area contributed by atoms with Gasteiger partial charge in [-0.25, -0.2) is 8.42 Å². The molecule has 0 unspecified atom stereocenters. The van der Waals surface area contributed by atoms with Crippen molar-refractivity contribution in [1.82, 2.24) is 9.21 Å². The molecule has 164 valence electrons. The highest BCUT2D eigenvalue weighted by Gasteiger charge is 2.28. The SMILES string of the molecule is CCN1CCN(S(=O)(=O)c2cccc(NC(=O)c3ccc4c(c3)NC(=O)CO4)c2)CC1. The maximum Gasteiger partial charge on any atom is 0.262 e. The molecule has 2 amide bonds. The molecule has 0 aliphatic carbocycles. The highest BCUT2D eigenvalue weighted by molar-refractivity contribution is 7.89. The number of likely N-dealkylation sites (N-methyl/N-ethyl adjacent to an activating group) is 1. The number of hydrogen-bond donors (Lipinski definition) is 2. The molecule has 9 nitrogen and oxygen atoms in total. The lowest BCUT2D eigenvalue weighted by atomic mass is 10.1. The van der Waals surface area contributed by atoms with E-state index in [2.05, 4.69) is 22.5 Å². The van der Waals surface area contributed by atoms with E-state index in [9.17, 15) is 18.0 Å². The number of carbonyl (C=O) groups is 2. The van der Waals surface area contributed by atoms with Crippen molar-refractivity contribution in [3.8, 4) is 5.75 Å². The first kappa shape index (κ1) is 21.3. The Kier molecular flexibility index (Phi) is 5.94. The molecule has 0 spiro atoms. The van der Waals surface area contributed by atoms with E-state index in [-0.39, 0.29) is 17.4 Å². The Morgan fingerprint density at radius 2 is 1.90 bits per heavy atom. The Balaban J connectivity index is 1.49. The van der Waals surface area contributed by atoms with Gasteiger partial charge in [0.1, 0.15) is 5.75 Å². The molecule has 1 fully saturated rings. The first-order chi connectivity index (χ1) is 14.9. The summed E-state index contributed by atoms with van der Waals surface area (Å²) in [7, 11) is -3.64. The molecule has 2 N–H and O–H groups in total. The second-order valence-electron chi connectivity index (χ2n) is 7.37. The third-order valence-electron chi connectivity index (χ3n) is 5.38. The molecular formula is C21H24N4O5S. The van der Waals surface area contributed by atoms with E-state index in [4.69, 9.17) is 4.74 Å². The van der Waals surface area contributed by atoms with Gasteiger partial charge in [-0.3, -0.25) is 9.59 Å². The first-order valence-electron chi connectivity index (χ1n) is 10.1. The summed E-state index contributed by atoms with van der Waals surface area (Å²) in [5, 5.41) is 5.38. The standard InChI is InChI=1S/C21H24N4O5S/c1-2-24-8-10-25(11-9-24)31(28,29)17-5-3-4-16(13-17)22-21(27)15-6-7-19-18(12-15)23-20(26)14-30-19/h3-7,12-13H,2,8-11,14H2,1H3,(H,22,27)(H,23,26). The van der Waals surface area contributed by atoms with Crippen LogP contribution in [-0.4, -0.2) is 68.8 Å². The fraction of sp³-hybridized carbons (Fsp3) is 0.333. The van der Waals surface area contributed by atoms with Crippen molar-refractivity contribution in [2.24, 2.45) is 0 Å². The molecule has 1 saturated heterocycles. The zero-order valence-electron chi connectivity index (χ0n) is 17.1. The molecule has 0 aromatic heterocycles. The van der Waals surface area contributed by atoms with E-state index in [1.165, 1.54) is 22.5 Å². The minimum Gasteiger partial charge on any atom is -0.482 e. The fourth-order valence-corrected chi connectivity index (χ4v) is 5.07. The Labute approximate surface area is 181 Å². The van der Waals surface area contributed by atoms with Crippen LogP contribution in [-0.2, 0) is 14.8 Å². The molecule has 0 radical (unpaired) electrons. The molecule has 0 atom stereocenters. The number of rotatable bonds is 5. The van der Waals surface area contributed by atoms with Crippen LogP contribution in [0.2, 0.25) is 0 Å². The zero-order chi connectivity index (χ0) is 22.0. The van der Waals surface area contributed by atoms with Gasteiger partial charge in [-0.1, -0.05) is 13.0 Å². The van der Waals surface area contributed by atoms with Gasteiger partial charge in [-0.15, -0.1) is 0 Å². The second-order valence-corrected chi connectivity index (χ2v) is 9.31. The summed E-state index contributed by atoms with van der Waals surface area (Å²) in [5.74, 6) is -0.219. The van der Waals surface area contributed by atoms with Crippen LogP contribution < -0.4 is 15.4 Å². The molecule has 10 heteroatoms. The number of benzene rings is 2. The van der Waals surface area contributed by atoms with Gasteiger partial charge in [0.2, 0.25) is 10.0 Å². The van der Waals surface area contributed by atoms with Crippen LogP contribution >= 0.6 is 0 Å². The van der Waals surface area contributed by atoms with Gasteiger partial charge in [-0.2, -0.15) is 4.31 Å². The highest BCUT2D eigenvalue weighted by atomic mass is 32.2. The van der Waals surface area contributed by atoms with E-state index < -0.39 is 15.9 Å². The van der Waals surface area contributed by atoms with Gasteiger partial charge in [-0.05, 0) is 42.9 Å². The van der Waals surface area contributed by atoms with Crippen molar-refractivity contribution in [3.63, 3.8) is 0 Å². The molecular weight excluding hydrogens is 420 g/mol. The average molecular weight is 445 g/mol. The number of carbonyl (C=O) groups excluding carboxylic acids is 2. The van der Waals surface area contributed by atoms with E-state index >= 15 is 0 Å². The van der Waals surface area contributed by atoms with E-state index in [1.54, 1.807) is 24.3 Å². The normalized spacial score (nSPS) is 17.4. The van der Waals surface area contributed by atoms with Crippen molar-refractivity contribution in [1.29, 1.82) is 0 Å². The average Bonchev–Trinajstić information content (AvgIpc) is 2.78. The van der Waals surface area contributed by atoms with Crippen LogP contribution in [0.15, 0.2) is 47.4 Å². The summed E-state index contributed by atoms with van der Waals surface area (Å²) in [4.78, 5) is 26.5. The van der Waals surface area contributed by atoms with Crippen LogP contribution in [0.1, 0.15) is 17.3 Å². The van der Waals surface area contributed by atoms with Gasteiger partial charge in [0.05, 0.1) is 10.6 Å². The third kappa shape index (κ3) is 4.55. The van der Waals surface area contributed by atoms with Gasteiger partial charge < -0.3 is 20.3 Å². The van der Waals surface area contributed by atoms with Crippen LogP contribution in [0, 0.1) is 0 Å². The number of nitrogens with zero attached hydrogens (tertiary/aromatic N) is 2. The number of amides is 2. The molecule has 2 aromatic rings. The topological polar surface area (TPSA) is 108 Å². The number of piperazine rings is 1. The minimum atomic E-state index is -3.64. The molecule has 2 aromatic carbocycles. The first-order valence-corrected chi connectivity index (χ1v) is 11.5. The van der Waals surface area contributed by atoms with Crippen molar-refractivity contribution >= 4 is 33.2 Å². The van der Waals surface area contributed by atoms with Crippen molar-refractivity contribution in [3.05, 3.63) is 48.0 Å². The molecule has 2 aliphatic heterocycles. The summed E-state index contributed by atoms with van der Waals surface area (Å²) in [6.07, 6.45) is 0. The number of fused-ring (bicyclic) bond motifs is 1. The lowest BCUT2D eigenvalue weighted by molar-refractivity contribution is -0.118. The summed E-state index contributed by atoms with van der Waals surface area (Å²) < 4.78 is 32.8. The number of ether oxygens (including phenoxy) is 1. The van der Waals surface area contributed by atoms with Gasteiger partial charge in [0.25, 0.3) is 11.8 Å². The Bertz CT molecular complexity index is 1110. The van der Waals surface area contributed by atoms with Crippen molar-refractivity contribution in [2.75, 3.05) is 50.0 Å². The van der Waals surface area contributed by atoms with Crippen molar-refractivity contribution < 1.29 is 22.7 Å². The number of nitrogens with one attached hydrogen (secondary N) is 2. The van der Waals surface area contributed by atoms with Crippen LogP contribution in [0.25, 0.3) is 0 Å². The molecule has 0 bridgehead atoms. The highest BCUT2D eigenvalue weighted by Crippen LogP contribution is 2.29. The van der Waals surface area contributed by atoms with Crippen LogP contribution in [0.4, 0.5) is 11.4 Å². The summed E-state index contributed by atoms with van der Waals surface area (Å²) in [6.45, 7) is 5.17. The number of anilines is 2. The largest absolute Gasteiger partial charge is 0.482 e. The summed E-state index contributed by atoms with van der Waals surface area (Å²) in [5.41, 5.74) is 1.11. The monoisotopic (exact) mass is 444 g/mol. The Morgan fingerprint density at radius 3 is 2.65 bits per heavy atom. The van der Waals surface area contributed by atoms with Gasteiger partial charge in [0, 0.05) is 37.4 Å². The quantitative estimate of drug-likeness (QED) is 0.725. The smallest absolute Gasteiger partial charge is 0.262 e. The summed E-state index contributed by atoms with van der Waals surface area (Å²) >= 11 is 0. The lowest BCUT2D eigenvalue weighted by Crippen LogP contribution is -2.48. The van der Waals surface area contributed by atoms with E-state index in [0.717, 1.165) is 6.54 Å². The van der Waals surface area contributed by atoms with Crippen molar-refractivity contribution in [2.45, 2.75) is 11.8 Å². The van der Waals surface area contributed by atoms with Crippen LogP contribution in [0.5, 0.6) is 5.75 Å². The maximum atomic E-state index is 13.0. The van der Waals surface area contributed by atoms with E-state index in [0.29, 0.717) is 48.9 Å². The molecule has 31 heavy (non-hydrogen) atoms. The third-order valence-corrected chi connectivity index (χ3v) is 7.28. The minimum absolute atomic E-state index is 0.0622. The Hall–Kier alpha value is -2.95. The molecule has 2 aliphatic rings. The maximum absolute atomic E-state index is 13.0. The molecule has 4 rings (SSSR count). The van der Waals surface area contributed by atoms with Crippen LogP contribution in [0.3, 0.4) is 0 Å². The molecule has 0 saturated carbocycles. The summed E-state index contributed by atoms with van der Waals surface area (Å²) in [6, 6.07) is 10.9. The fourth-order valence-electron chi connectivity index (χ4n) is 3.60. The Morgan fingerprint density at radius 1 is 1.13 bits per heavy atom. The number of sulfonamides is 1. The number of hydrogen-bond acceptors (Lipinski definition) is 6. The lowest BCUT2D eigenvalue weighted by Gasteiger charge is -2.33. The zero-order valence-corrected chi connectivity index (χ0v) is 17.9. The van der Waals surface area contributed by atoms with E-state index in [1.807, 2.05) is 0 Å². The van der Waals surface area contributed by atoms with Gasteiger partial charge in [0.15, 0.2) is 6.61 Å². The second kappa shape index (κ2) is 8.66. The predicted octanol–water partition coefficient (Wildman–Crippen LogP) is 1.60. The predicted molar refractivity (Wildman–Crippen MR) is 116 cm³/mol.